The lowest BCUT2D eigenvalue weighted by Crippen LogP contribution is -2.54. The number of hydrogen-bond donors (Lipinski definition) is 0. The van der Waals surface area contributed by atoms with Crippen LogP contribution in [0.5, 0.6) is 0 Å². The van der Waals surface area contributed by atoms with E-state index in [4.69, 9.17) is 4.74 Å². The van der Waals surface area contributed by atoms with Crippen LogP contribution in [-0.2, 0) is 14.3 Å². The summed E-state index contributed by atoms with van der Waals surface area (Å²) in [5.41, 5.74) is -0.508. The van der Waals surface area contributed by atoms with Gasteiger partial charge < -0.3 is 19.3 Å². The first-order chi connectivity index (χ1) is 9.81. The van der Waals surface area contributed by atoms with Gasteiger partial charge in [0, 0.05) is 32.0 Å². The van der Waals surface area contributed by atoms with Crippen LogP contribution in [0.1, 0.15) is 40.0 Å². The maximum absolute atomic E-state index is 12.2. The molecule has 2 amide bonds. The SMILES string of the molecule is CC(C)(C)OC(=O)N1CCN2C(=O)[C@@H](CCC=O)C[C@H]2C1. The van der Waals surface area contributed by atoms with Crippen LogP contribution in [0.25, 0.3) is 0 Å². The van der Waals surface area contributed by atoms with Crippen molar-refractivity contribution in [3.05, 3.63) is 0 Å². The molecule has 0 radical (unpaired) electrons. The lowest BCUT2D eigenvalue weighted by atomic mass is 9.99. The topological polar surface area (TPSA) is 66.9 Å². The monoisotopic (exact) mass is 296 g/mol. The quantitative estimate of drug-likeness (QED) is 0.739. The summed E-state index contributed by atoms with van der Waals surface area (Å²) in [5.74, 6) is 0.0597. The molecule has 0 N–H and O–H groups in total. The molecule has 6 nitrogen and oxygen atoms in total. The number of amides is 2. The Hall–Kier alpha value is -1.59. The molecule has 6 heteroatoms. The van der Waals surface area contributed by atoms with Crippen molar-refractivity contribution in [2.75, 3.05) is 19.6 Å². The van der Waals surface area contributed by atoms with E-state index in [-0.39, 0.29) is 24.0 Å². The van der Waals surface area contributed by atoms with E-state index in [2.05, 4.69) is 0 Å². The second-order valence-corrected chi connectivity index (χ2v) is 6.79. The third-order valence-corrected chi connectivity index (χ3v) is 3.96. The van der Waals surface area contributed by atoms with E-state index >= 15 is 0 Å². The standard InChI is InChI=1S/C15H24N2O4/c1-15(2,3)21-14(20)16-6-7-17-12(10-16)9-11(13(17)19)5-4-8-18/h8,11-12H,4-7,9-10H2,1-3H3/t11-,12-/m0/s1. The van der Waals surface area contributed by atoms with Gasteiger partial charge in [-0.1, -0.05) is 0 Å². The Bertz CT molecular complexity index is 430. The number of carbonyl (C=O) groups excluding carboxylic acids is 3. The Morgan fingerprint density at radius 2 is 2.10 bits per heavy atom. The highest BCUT2D eigenvalue weighted by molar-refractivity contribution is 5.82. The normalized spacial score (nSPS) is 25.8. The van der Waals surface area contributed by atoms with Gasteiger partial charge >= 0.3 is 6.09 Å². The average Bonchev–Trinajstić information content (AvgIpc) is 2.70. The van der Waals surface area contributed by atoms with Crippen molar-refractivity contribution in [1.82, 2.24) is 9.80 Å². The van der Waals surface area contributed by atoms with Crippen LogP contribution >= 0.6 is 0 Å². The fraction of sp³-hybridized carbons (Fsp3) is 0.800. The fourth-order valence-electron chi connectivity index (χ4n) is 3.01. The molecule has 0 aromatic carbocycles. The summed E-state index contributed by atoms with van der Waals surface area (Å²) in [6.45, 7) is 7.12. The third kappa shape index (κ3) is 3.74. The zero-order valence-electron chi connectivity index (χ0n) is 13.0. The molecule has 2 aliphatic rings. The molecule has 2 atom stereocenters. The minimum atomic E-state index is -0.508. The minimum absolute atomic E-state index is 0.0652. The van der Waals surface area contributed by atoms with E-state index in [1.165, 1.54) is 0 Å². The summed E-state index contributed by atoms with van der Waals surface area (Å²) >= 11 is 0. The van der Waals surface area contributed by atoms with Gasteiger partial charge in [0.05, 0.1) is 6.04 Å². The Kier molecular flexibility index (Phi) is 4.54. The number of rotatable bonds is 3. The first-order valence-corrected chi connectivity index (χ1v) is 7.54. The molecule has 0 aromatic rings. The molecule has 2 rings (SSSR count). The Balaban J connectivity index is 1.93. The zero-order valence-corrected chi connectivity index (χ0v) is 13.0. The number of aldehydes is 1. The highest BCUT2D eigenvalue weighted by Gasteiger charge is 2.43. The van der Waals surface area contributed by atoms with Crippen molar-refractivity contribution >= 4 is 18.3 Å². The van der Waals surface area contributed by atoms with Crippen molar-refractivity contribution in [3.8, 4) is 0 Å². The molecule has 2 heterocycles. The van der Waals surface area contributed by atoms with Crippen LogP contribution in [0, 0.1) is 5.92 Å². The summed E-state index contributed by atoms with van der Waals surface area (Å²) in [4.78, 5) is 38.3. The zero-order chi connectivity index (χ0) is 15.6. The molecule has 118 valence electrons. The molecule has 2 saturated heterocycles. The van der Waals surface area contributed by atoms with Crippen LogP contribution in [0.2, 0.25) is 0 Å². The van der Waals surface area contributed by atoms with E-state index in [1.807, 2.05) is 25.7 Å². The highest BCUT2D eigenvalue weighted by atomic mass is 16.6. The molecular weight excluding hydrogens is 272 g/mol. The van der Waals surface area contributed by atoms with Gasteiger partial charge in [-0.15, -0.1) is 0 Å². The van der Waals surface area contributed by atoms with E-state index in [0.29, 0.717) is 32.5 Å². The summed E-state index contributed by atoms with van der Waals surface area (Å²) in [6, 6.07) is 0.0652. The van der Waals surface area contributed by atoms with Gasteiger partial charge in [-0.05, 0) is 33.6 Å². The van der Waals surface area contributed by atoms with Crippen LogP contribution in [0.15, 0.2) is 0 Å². The lowest BCUT2D eigenvalue weighted by Gasteiger charge is -2.38. The van der Waals surface area contributed by atoms with Crippen LogP contribution in [-0.4, -0.2) is 59.4 Å². The smallest absolute Gasteiger partial charge is 0.410 e. The highest BCUT2D eigenvalue weighted by Crippen LogP contribution is 2.30. The average molecular weight is 296 g/mol. The number of carbonyl (C=O) groups is 3. The van der Waals surface area contributed by atoms with E-state index < -0.39 is 5.60 Å². The van der Waals surface area contributed by atoms with Gasteiger partial charge in [0.15, 0.2) is 0 Å². The van der Waals surface area contributed by atoms with E-state index in [0.717, 1.165) is 12.7 Å². The fourth-order valence-corrected chi connectivity index (χ4v) is 3.01. The predicted molar refractivity (Wildman–Crippen MR) is 76.7 cm³/mol. The van der Waals surface area contributed by atoms with E-state index in [1.54, 1.807) is 4.90 Å². The van der Waals surface area contributed by atoms with Gasteiger partial charge in [0.2, 0.25) is 5.91 Å². The molecule has 0 unspecified atom stereocenters. The number of nitrogens with zero attached hydrogens (tertiary/aromatic N) is 2. The van der Waals surface area contributed by atoms with Crippen molar-refractivity contribution in [2.45, 2.75) is 51.7 Å². The van der Waals surface area contributed by atoms with Gasteiger partial charge in [0.1, 0.15) is 11.9 Å². The van der Waals surface area contributed by atoms with Crippen LogP contribution in [0.3, 0.4) is 0 Å². The summed E-state index contributed by atoms with van der Waals surface area (Å²) in [5, 5.41) is 0. The summed E-state index contributed by atoms with van der Waals surface area (Å²) < 4.78 is 5.38. The lowest BCUT2D eigenvalue weighted by molar-refractivity contribution is -0.133. The van der Waals surface area contributed by atoms with Gasteiger partial charge in [0.25, 0.3) is 0 Å². The molecule has 0 bridgehead atoms. The Labute approximate surface area is 125 Å². The largest absolute Gasteiger partial charge is 0.444 e. The summed E-state index contributed by atoms with van der Waals surface area (Å²) in [6.07, 6.45) is 2.31. The molecular formula is C15H24N2O4. The molecule has 0 aromatic heterocycles. The van der Waals surface area contributed by atoms with E-state index in [9.17, 15) is 14.4 Å². The third-order valence-electron chi connectivity index (χ3n) is 3.96. The molecule has 0 saturated carbocycles. The molecule has 2 fully saturated rings. The second kappa shape index (κ2) is 6.03. The minimum Gasteiger partial charge on any atom is -0.444 e. The van der Waals surface area contributed by atoms with Gasteiger partial charge in [-0.3, -0.25) is 4.79 Å². The second-order valence-electron chi connectivity index (χ2n) is 6.79. The Morgan fingerprint density at radius 1 is 1.38 bits per heavy atom. The maximum atomic E-state index is 12.2. The molecule has 2 aliphatic heterocycles. The van der Waals surface area contributed by atoms with Crippen molar-refractivity contribution < 1.29 is 19.1 Å². The van der Waals surface area contributed by atoms with Gasteiger partial charge in [-0.2, -0.15) is 0 Å². The maximum Gasteiger partial charge on any atom is 0.410 e. The number of ether oxygens (including phenoxy) is 1. The van der Waals surface area contributed by atoms with Gasteiger partial charge in [-0.25, -0.2) is 4.79 Å². The Morgan fingerprint density at radius 3 is 2.71 bits per heavy atom. The predicted octanol–water partition coefficient (Wildman–Crippen LogP) is 1.43. The number of fused-ring (bicyclic) bond motifs is 1. The number of piperazine rings is 1. The summed E-state index contributed by atoms with van der Waals surface area (Å²) in [7, 11) is 0. The van der Waals surface area contributed by atoms with Crippen LogP contribution < -0.4 is 0 Å². The molecule has 0 aliphatic carbocycles. The van der Waals surface area contributed by atoms with Crippen molar-refractivity contribution in [2.24, 2.45) is 5.92 Å². The molecule has 21 heavy (non-hydrogen) atoms. The first-order valence-electron chi connectivity index (χ1n) is 7.54. The van der Waals surface area contributed by atoms with Crippen LogP contribution in [0.4, 0.5) is 4.79 Å². The first kappa shape index (κ1) is 15.8. The molecule has 0 spiro atoms. The van der Waals surface area contributed by atoms with Crippen molar-refractivity contribution in [1.29, 1.82) is 0 Å². The van der Waals surface area contributed by atoms with Crippen molar-refractivity contribution in [3.63, 3.8) is 0 Å². The number of hydrogen-bond acceptors (Lipinski definition) is 4.